The largest absolute Gasteiger partial charge is 0.349 e. The Morgan fingerprint density at radius 1 is 0.957 bits per heavy atom. The van der Waals surface area contributed by atoms with Crippen LogP contribution >= 0.6 is 0 Å². The lowest BCUT2D eigenvalue weighted by Crippen LogP contribution is -2.00. The first-order chi connectivity index (χ1) is 11.4. The Morgan fingerprint density at radius 3 is 2.09 bits per heavy atom. The number of allylic oxidation sites excluding steroid dienone is 1. The van der Waals surface area contributed by atoms with Crippen LogP contribution in [0, 0.1) is 5.92 Å². The molecule has 0 aliphatic heterocycles. The Kier molecular flexibility index (Phi) is 12.6. The van der Waals surface area contributed by atoms with Crippen molar-refractivity contribution >= 4 is 0 Å². The second-order valence-corrected chi connectivity index (χ2v) is 6.89. The van der Waals surface area contributed by atoms with Crippen molar-refractivity contribution in [2.45, 2.75) is 96.8 Å². The Morgan fingerprint density at radius 2 is 1.57 bits per heavy atom. The number of hydrogen-bond acceptors (Lipinski definition) is 1. The molecule has 0 radical (unpaired) electrons. The Balaban J connectivity index is 1.87. The maximum Gasteiger partial charge on any atom is 0.106 e. The van der Waals surface area contributed by atoms with Crippen LogP contribution < -0.4 is 0 Å². The third-order valence-corrected chi connectivity index (χ3v) is 4.82. The van der Waals surface area contributed by atoms with E-state index >= 15 is 0 Å². The summed E-state index contributed by atoms with van der Waals surface area (Å²) in [5.41, 5.74) is 0. The first-order valence-electron chi connectivity index (χ1n) is 9.97. The lowest BCUT2D eigenvalue weighted by Gasteiger charge is -2.11. The lowest BCUT2D eigenvalue weighted by molar-refractivity contribution is 0.486. The van der Waals surface area contributed by atoms with Crippen LogP contribution in [-0.4, -0.2) is 9.97 Å². The average molecular weight is 319 g/mol. The van der Waals surface area contributed by atoms with E-state index < -0.39 is 0 Å². The highest BCUT2D eigenvalue weighted by Crippen LogP contribution is 2.18. The summed E-state index contributed by atoms with van der Waals surface area (Å²) in [4.78, 5) is 7.48. The molecule has 1 atom stereocenters. The van der Waals surface area contributed by atoms with Gasteiger partial charge in [0, 0.05) is 18.8 Å². The SMILES string of the molecule is C=CC(CCCCCCCCCCCCC)CCc1ncc[nH]1. The van der Waals surface area contributed by atoms with Crippen LogP contribution in [0.5, 0.6) is 0 Å². The minimum Gasteiger partial charge on any atom is -0.349 e. The molecule has 2 heteroatoms. The maximum absolute atomic E-state index is 4.29. The predicted octanol–water partition coefficient (Wildman–Crippen LogP) is 6.85. The summed E-state index contributed by atoms with van der Waals surface area (Å²) < 4.78 is 0. The van der Waals surface area contributed by atoms with E-state index in [1.807, 2.05) is 12.4 Å². The number of aromatic nitrogens is 2. The van der Waals surface area contributed by atoms with Crippen molar-refractivity contribution in [3.05, 3.63) is 30.9 Å². The summed E-state index contributed by atoms with van der Waals surface area (Å²) >= 11 is 0. The van der Waals surface area contributed by atoms with E-state index in [4.69, 9.17) is 0 Å². The van der Waals surface area contributed by atoms with E-state index in [1.54, 1.807) is 0 Å². The van der Waals surface area contributed by atoms with Crippen LogP contribution in [0.1, 0.15) is 96.2 Å². The molecule has 132 valence electrons. The highest BCUT2D eigenvalue weighted by molar-refractivity contribution is 4.89. The van der Waals surface area contributed by atoms with Gasteiger partial charge in [-0.25, -0.2) is 4.98 Å². The molecule has 23 heavy (non-hydrogen) atoms. The number of aryl methyl sites for hydroxylation is 1. The Bertz CT molecular complexity index is 356. The second-order valence-electron chi connectivity index (χ2n) is 6.89. The van der Waals surface area contributed by atoms with Gasteiger partial charge in [0.05, 0.1) is 0 Å². The molecule has 1 rings (SSSR count). The van der Waals surface area contributed by atoms with Crippen LogP contribution in [0.2, 0.25) is 0 Å². The molecule has 1 aromatic heterocycles. The van der Waals surface area contributed by atoms with Crippen LogP contribution in [0.25, 0.3) is 0 Å². The average Bonchev–Trinajstić information content (AvgIpc) is 3.09. The van der Waals surface area contributed by atoms with Gasteiger partial charge in [0.25, 0.3) is 0 Å². The molecule has 1 aromatic rings. The molecule has 0 aromatic carbocycles. The van der Waals surface area contributed by atoms with Crippen LogP contribution in [0.15, 0.2) is 25.0 Å². The molecule has 0 bridgehead atoms. The predicted molar refractivity (Wildman–Crippen MR) is 102 cm³/mol. The van der Waals surface area contributed by atoms with Gasteiger partial charge in [-0.15, -0.1) is 6.58 Å². The Labute approximate surface area is 144 Å². The van der Waals surface area contributed by atoms with Crippen LogP contribution in [-0.2, 0) is 6.42 Å². The number of nitrogens with zero attached hydrogens (tertiary/aromatic N) is 1. The van der Waals surface area contributed by atoms with Gasteiger partial charge in [-0.1, -0.05) is 83.6 Å². The number of nitrogens with one attached hydrogen (secondary N) is 1. The van der Waals surface area contributed by atoms with E-state index in [9.17, 15) is 0 Å². The first kappa shape index (κ1) is 20.0. The fourth-order valence-corrected chi connectivity index (χ4v) is 3.21. The zero-order valence-corrected chi connectivity index (χ0v) is 15.4. The van der Waals surface area contributed by atoms with Crippen molar-refractivity contribution in [1.82, 2.24) is 9.97 Å². The zero-order chi connectivity index (χ0) is 16.6. The number of H-pyrrole nitrogens is 1. The molecule has 0 fully saturated rings. The van der Waals surface area contributed by atoms with E-state index in [0.717, 1.165) is 12.2 Å². The third-order valence-electron chi connectivity index (χ3n) is 4.82. The highest BCUT2D eigenvalue weighted by atomic mass is 14.9. The maximum atomic E-state index is 4.29. The topological polar surface area (TPSA) is 28.7 Å². The van der Waals surface area contributed by atoms with Crippen molar-refractivity contribution in [2.75, 3.05) is 0 Å². The molecule has 0 amide bonds. The molecule has 1 N–H and O–H groups in total. The van der Waals surface area contributed by atoms with Gasteiger partial charge >= 0.3 is 0 Å². The molecule has 1 heterocycles. The summed E-state index contributed by atoms with van der Waals surface area (Å²) in [6, 6.07) is 0. The molecular weight excluding hydrogens is 280 g/mol. The summed E-state index contributed by atoms with van der Waals surface area (Å²) in [6.07, 6.45) is 25.0. The molecule has 0 spiro atoms. The first-order valence-corrected chi connectivity index (χ1v) is 9.97. The minimum absolute atomic E-state index is 0.652. The molecule has 2 nitrogen and oxygen atoms in total. The van der Waals surface area contributed by atoms with Gasteiger partial charge in [-0.2, -0.15) is 0 Å². The van der Waals surface area contributed by atoms with Gasteiger partial charge in [-0.05, 0) is 18.8 Å². The molecular formula is C21H38N2. The molecule has 0 saturated heterocycles. The number of hydrogen-bond donors (Lipinski definition) is 1. The summed E-state index contributed by atoms with van der Waals surface area (Å²) in [5, 5.41) is 0. The smallest absolute Gasteiger partial charge is 0.106 e. The van der Waals surface area contributed by atoms with Gasteiger partial charge < -0.3 is 4.98 Å². The normalized spacial score (nSPS) is 12.4. The van der Waals surface area contributed by atoms with Gasteiger partial charge in [-0.3, -0.25) is 0 Å². The van der Waals surface area contributed by atoms with E-state index in [0.29, 0.717) is 5.92 Å². The number of rotatable bonds is 16. The molecule has 0 saturated carbocycles. The standard InChI is InChI=1S/C21H38N2/c1-3-5-6-7-8-9-10-11-12-13-14-15-20(4-2)16-17-21-22-18-19-23-21/h4,18-20H,2-3,5-17H2,1H3,(H,22,23). The van der Waals surface area contributed by atoms with E-state index in [-0.39, 0.29) is 0 Å². The van der Waals surface area contributed by atoms with Crippen molar-refractivity contribution in [2.24, 2.45) is 5.92 Å². The lowest BCUT2D eigenvalue weighted by atomic mass is 9.95. The monoisotopic (exact) mass is 318 g/mol. The quantitative estimate of drug-likeness (QED) is 0.262. The van der Waals surface area contributed by atoms with Gasteiger partial charge in [0.2, 0.25) is 0 Å². The number of unbranched alkanes of at least 4 members (excludes halogenated alkanes) is 10. The second kappa shape index (κ2) is 14.5. The fraction of sp³-hybridized carbons (Fsp3) is 0.762. The van der Waals surface area contributed by atoms with Crippen molar-refractivity contribution < 1.29 is 0 Å². The minimum atomic E-state index is 0.652. The highest BCUT2D eigenvalue weighted by Gasteiger charge is 2.05. The van der Waals surface area contributed by atoms with Crippen molar-refractivity contribution in [1.29, 1.82) is 0 Å². The summed E-state index contributed by atoms with van der Waals surface area (Å²) in [7, 11) is 0. The van der Waals surface area contributed by atoms with Crippen molar-refractivity contribution in [3.63, 3.8) is 0 Å². The molecule has 0 aliphatic carbocycles. The van der Waals surface area contributed by atoms with Crippen LogP contribution in [0.3, 0.4) is 0 Å². The van der Waals surface area contributed by atoms with Gasteiger partial charge in [0.1, 0.15) is 5.82 Å². The number of aromatic amines is 1. The van der Waals surface area contributed by atoms with E-state index in [2.05, 4.69) is 29.5 Å². The van der Waals surface area contributed by atoms with Crippen molar-refractivity contribution in [3.8, 4) is 0 Å². The summed E-state index contributed by atoms with van der Waals surface area (Å²) in [6.45, 7) is 6.29. The van der Waals surface area contributed by atoms with E-state index in [1.165, 1.54) is 83.5 Å². The Hall–Kier alpha value is -1.05. The van der Waals surface area contributed by atoms with Gasteiger partial charge in [0.15, 0.2) is 0 Å². The molecule has 1 unspecified atom stereocenters. The third kappa shape index (κ3) is 11.2. The fourth-order valence-electron chi connectivity index (χ4n) is 3.21. The number of imidazole rings is 1. The molecule has 0 aliphatic rings. The zero-order valence-electron chi connectivity index (χ0n) is 15.4. The summed E-state index contributed by atoms with van der Waals surface area (Å²) in [5.74, 6) is 1.76. The van der Waals surface area contributed by atoms with Crippen LogP contribution in [0.4, 0.5) is 0 Å².